The van der Waals surface area contributed by atoms with E-state index in [1.165, 1.54) is 30.6 Å². The van der Waals surface area contributed by atoms with Crippen LogP contribution in [0.15, 0.2) is 36.7 Å². The Bertz CT molecular complexity index is 1110. The number of hydroxylamine groups is 2. The Balaban J connectivity index is 1.82. The standard InChI is InChI=1S/C22H24ClFN4O4/c1-22(2,3)32-28(13-29)7-8-31-20-11-18-15(10-19(20)30-4)21(26-12-25-18)27-17-6-5-14(23)9-16(17)24/h5-6,9-13H,7-8H2,1-4H3,(H,25,26,27). The number of halogens is 2. The van der Waals surface area contributed by atoms with Crippen molar-refractivity contribution in [3.05, 3.63) is 47.5 Å². The number of aromatic nitrogens is 2. The number of fused-ring (bicyclic) bond motifs is 1. The Kier molecular flexibility index (Phi) is 7.32. The lowest BCUT2D eigenvalue weighted by Crippen LogP contribution is -2.35. The quantitative estimate of drug-likeness (QED) is 0.363. The predicted octanol–water partition coefficient (Wildman–Crippen LogP) is 4.74. The summed E-state index contributed by atoms with van der Waals surface area (Å²) in [6, 6.07) is 7.71. The van der Waals surface area contributed by atoms with Crippen molar-refractivity contribution in [3.63, 3.8) is 0 Å². The second kappa shape index (κ2) is 9.97. The molecule has 1 amide bonds. The van der Waals surface area contributed by atoms with Gasteiger partial charge >= 0.3 is 0 Å². The summed E-state index contributed by atoms with van der Waals surface area (Å²) in [4.78, 5) is 25.2. The first-order valence-electron chi connectivity index (χ1n) is 9.79. The molecule has 0 aliphatic rings. The Morgan fingerprint density at radius 2 is 1.97 bits per heavy atom. The van der Waals surface area contributed by atoms with Gasteiger partial charge in [0.25, 0.3) is 0 Å². The summed E-state index contributed by atoms with van der Waals surface area (Å²) < 4.78 is 25.5. The molecule has 0 saturated heterocycles. The zero-order chi connectivity index (χ0) is 23.3. The minimum absolute atomic E-state index is 0.170. The fraction of sp³-hybridized carbons (Fsp3) is 0.318. The fourth-order valence-electron chi connectivity index (χ4n) is 2.87. The zero-order valence-electron chi connectivity index (χ0n) is 18.2. The van der Waals surface area contributed by atoms with Crippen LogP contribution in [-0.4, -0.2) is 47.3 Å². The number of hydrogen-bond donors (Lipinski definition) is 1. The van der Waals surface area contributed by atoms with Crippen molar-refractivity contribution in [2.75, 3.05) is 25.6 Å². The second-order valence-electron chi connectivity index (χ2n) is 7.79. The van der Waals surface area contributed by atoms with Gasteiger partial charge in [0.15, 0.2) is 11.5 Å². The normalized spacial score (nSPS) is 11.3. The summed E-state index contributed by atoms with van der Waals surface area (Å²) >= 11 is 5.82. The van der Waals surface area contributed by atoms with Crippen molar-refractivity contribution in [1.82, 2.24) is 15.0 Å². The molecule has 0 aliphatic heterocycles. The van der Waals surface area contributed by atoms with Crippen LogP contribution in [0.25, 0.3) is 10.9 Å². The molecule has 0 saturated carbocycles. The van der Waals surface area contributed by atoms with Crippen LogP contribution in [0.3, 0.4) is 0 Å². The molecular formula is C22H24ClFN4O4. The fourth-order valence-corrected chi connectivity index (χ4v) is 3.03. The molecule has 1 heterocycles. The molecular weight excluding hydrogens is 439 g/mol. The number of rotatable bonds is 9. The second-order valence-corrected chi connectivity index (χ2v) is 8.23. The van der Waals surface area contributed by atoms with E-state index in [4.69, 9.17) is 25.9 Å². The van der Waals surface area contributed by atoms with E-state index in [2.05, 4.69) is 15.3 Å². The highest BCUT2D eigenvalue weighted by Crippen LogP contribution is 2.35. The van der Waals surface area contributed by atoms with Gasteiger partial charge < -0.3 is 14.8 Å². The highest BCUT2D eigenvalue weighted by Gasteiger charge is 2.17. The molecule has 1 N–H and O–H groups in total. The van der Waals surface area contributed by atoms with Gasteiger partial charge in [-0.05, 0) is 45.0 Å². The average molecular weight is 463 g/mol. The summed E-state index contributed by atoms with van der Waals surface area (Å²) in [5, 5.41) is 5.04. The monoisotopic (exact) mass is 462 g/mol. The average Bonchev–Trinajstić information content (AvgIpc) is 2.73. The maximum atomic E-state index is 14.2. The van der Waals surface area contributed by atoms with E-state index in [-0.39, 0.29) is 18.8 Å². The molecule has 3 rings (SSSR count). The van der Waals surface area contributed by atoms with Crippen LogP contribution in [0.2, 0.25) is 5.02 Å². The minimum atomic E-state index is -0.509. The number of nitrogens with one attached hydrogen (secondary N) is 1. The number of ether oxygens (including phenoxy) is 2. The molecule has 3 aromatic rings. The summed E-state index contributed by atoms with van der Waals surface area (Å²) in [6.07, 6.45) is 1.97. The zero-order valence-corrected chi connectivity index (χ0v) is 18.9. The van der Waals surface area contributed by atoms with E-state index in [1.54, 1.807) is 18.2 Å². The smallest absolute Gasteiger partial charge is 0.233 e. The number of benzene rings is 2. The molecule has 0 fully saturated rings. The topological polar surface area (TPSA) is 85.8 Å². The van der Waals surface area contributed by atoms with Crippen molar-refractivity contribution in [3.8, 4) is 11.5 Å². The molecule has 32 heavy (non-hydrogen) atoms. The van der Waals surface area contributed by atoms with Crippen molar-refractivity contribution >= 4 is 40.4 Å². The van der Waals surface area contributed by atoms with E-state index in [9.17, 15) is 9.18 Å². The number of carbonyl (C=O) groups excluding carboxylic acids is 1. The van der Waals surface area contributed by atoms with Crippen LogP contribution in [0.5, 0.6) is 11.5 Å². The maximum Gasteiger partial charge on any atom is 0.233 e. The SMILES string of the molecule is COc1cc2c(Nc3ccc(Cl)cc3F)ncnc2cc1OCCN(C=O)OC(C)(C)C. The first-order chi connectivity index (χ1) is 15.2. The van der Waals surface area contributed by atoms with Crippen molar-refractivity contribution in [2.45, 2.75) is 26.4 Å². The van der Waals surface area contributed by atoms with Gasteiger partial charge in [-0.1, -0.05) is 11.6 Å². The molecule has 10 heteroatoms. The summed E-state index contributed by atoms with van der Waals surface area (Å²) in [5.74, 6) is 0.755. The van der Waals surface area contributed by atoms with Gasteiger partial charge in [0, 0.05) is 16.5 Å². The lowest BCUT2D eigenvalue weighted by atomic mass is 10.2. The Hall–Kier alpha value is -3.17. The first-order valence-corrected chi connectivity index (χ1v) is 10.2. The van der Waals surface area contributed by atoms with Gasteiger partial charge in [0.1, 0.15) is 24.6 Å². The first kappa shape index (κ1) is 23.5. The highest BCUT2D eigenvalue weighted by atomic mass is 35.5. The maximum absolute atomic E-state index is 14.2. The van der Waals surface area contributed by atoms with Crippen LogP contribution < -0.4 is 14.8 Å². The largest absolute Gasteiger partial charge is 0.493 e. The number of anilines is 2. The van der Waals surface area contributed by atoms with Gasteiger partial charge in [0.05, 0.1) is 30.5 Å². The number of methoxy groups -OCH3 is 1. The lowest BCUT2D eigenvalue weighted by molar-refractivity contribution is -0.217. The number of hydrogen-bond acceptors (Lipinski definition) is 7. The molecule has 0 radical (unpaired) electrons. The van der Waals surface area contributed by atoms with Crippen molar-refractivity contribution < 1.29 is 23.5 Å². The number of carbonyl (C=O) groups is 1. The van der Waals surface area contributed by atoms with Gasteiger partial charge in [-0.25, -0.2) is 19.4 Å². The Labute approximate surface area is 190 Å². The van der Waals surface area contributed by atoms with E-state index in [0.717, 1.165) is 0 Å². The minimum Gasteiger partial charge on any atom is -0.493 e. The molecule has 0 unspecified atom stereocenters. The van der Waals surface area contributed by atoms with Crippen LogP contribution in [-0.2, 0) is 9.63 Å². The van der Waals surface area contributed by atoms with E-state index in [0.29, 0.717) is 39.7 Å². The third-order valence-electron chi connectivity index (χ3n) is 4.18. The van der Waals surface area contributed by atoms with Crippen LogP contribution in [0.4, 0.5) is 15.9 Å². The molecule has 0 aliphatic carbocycles. The third kappa shape index (κ3) is 5.95. The Morgan fingerprint density at radius 3 is 2.62 bits per heavy atom. The summed E-state index contributed by atoms with van der Waals surface area (Å²) in [7, 11) is 1.50. The van der Waals surface area contributed by atoms with Crippen LogP contribution >= 0.6 is 11.6 Å². The van der Waals surface area contributed by atoms with Crippen molar-refractivity contribution in [1.29, 1.82) is 0 Å². The molecule has 1 aromatic heterocycles. The van der Waals surface area contributed by atoms with Crippen LogP contribution in [0, 0.1) is 5.82 Å². The number of nitrogens with zero attached hydrogens (tertiary/aromatic N) is 3. The highest BCUT2D eigenvalue weighted by molar-refractivity contribution is 6.30. The number of amides is 1. The van der Waals surface area contributed by atoms with Crippen LogP contribution in [0.1, 0.15) is 20.8 Å². The lowest BCUT2D eigenvalue weighted by Gasteiger charge is -2.26. The van der Waals surface area contributed by atoms with E-state index < -0.39 is 11.4 Å². The van der Waals surface area contributed by atoms with Gasteiger partial charge in [-0.15, -0.1) is 0 Å². The van der Waals surface area contributed by atoms with E-state index in [1.807, 2.05) is 20.8 Å². The van der Waals surface area contributed by atoms with Crippen molar-refractivity contribution in [2.24, 2.45) is 0 Å². The molecule has 0 bridgehead atoms. The van der Waals surface area contributed by atoms with Gasteiger partial charge in [-0.3, -0.25) is 9.63 Å². The molecule has 170 valence electrons. The molecule has 0 atom stereocenters. The summed E-state index contributed by atoms with van der Waals surface area (Å²) in [5.41, 5.74) is 0.276. The molecule has 8 nitrogen and oxygen atoms in total. The van der Waals surface area contributed by atoms with Gasteiger partial charge in [0.2, 0.25) is 6.41 Å². The van der Waals surface area contributed by atoms with Gasteiger partial charge in [-0.2, -0.15) is 0 Å². The predicted molar refractivity (Wildman–Crippen MR) is 120 cm³/mol. The summed E-state index contributed by atoms with van der Waals surface area (Å²) in [6.45, 7) is 5.92. The molecule has 2 aromatic carbocycles. The Morgan fingerprint density at radius 1 is 1.19 bits per heavy atom. The third-order valence-corrected chi connectivity index (χ3v) is 4.42. The van der Waals surface area contributed by atoms with E-state index >= 15 is 0 Å². The molecule has 0 spiro atoms.